The van der Waals surface area contributed by atoms with E-state index in [1.807, 2.05) is 0 Å². The molecular formula is C17H27N3. The molecule has 1 heterocycles. The molecule has 0 spiro atoms. The zero-order valence-corrected chi connectivity index (χ0v) is 12.8. The lowest BCUT2D eigenvalue weighted by molar-refractivity contribution is -0.00765. The van der Waals surface area contributed by atoms with Crippen molar-refractivity contribution >= 4 is 0 Å². The summed E-state index contributed by atoms with van der Waals surface area (Å²) in [5.74, 6) is 2.99. The zero-order chi connectivity index (χ0) is 13.7. The van der Waals surface area contributed by atoms with Crippen molar-refractivity contribution < 1.29 is 0 Å². The van der Waals surface area contributed by atoms with E-state index in [9.17, 15) is 0 Å². The first-order valence-corrected chi connectivity index (χ1v) is 8.41. The summed E-state index contributed by atoms with van der Waals surface area (Å²) in [4.78, 5) is 0. The Morgan fingerprint density at radius 2 is 1.80 bits per heavy atom. The molecule has 4 saturated carbocycles. The van der Waals surface area contributed by atoms with Crippen molar-refractivity contribution in [3.63, 3.8) is 0 Å². The molecule has 0 radical (unpaired) electrons. The molecule has 3 heteroatoms. The minimum atomic E-state index is 0.444. The third-order valence-corrected chi connectivity index (χ3v) is 5.99. The van der Waals surface area contributed by atoms with Gasteiger partial charge in [-0.05, 0) is 56.3 Å². The number of aromatic amines is 1. The molecule has 0 aromatic carbocycles. The van der Waals surface area contributed by atoms with Gasteiger partial charge in [0.15, 0.2) is 0 Å². The summed E-state index contributed by atoms with van der Waals surface area (Å²) in [6.45, 7) is 5.39. The molecule has 4 bridgehead atoms. The maximum atomic E-state index is 4.39. The van der Waals surface area contributed by atoms with Gasteiger partial charge >= 0.3 is 0 Å². The van der Waals surface area contributed by atoms with Crippen molar-refractivity contribution in [1.82, 2.24) is 15.5 Å². The first kappa shape index (κ1) is 12.9. The van der Waals surface area contributed by atoms with E-state index in [0.29, 0.717) is 11.5 Å². The third-order valence-electron chi connectivity index (χ3n) is 5.99. The van der Waals surface area contributed by atoms with Crippen LogP contribution in [0.4, 0.5) is 0 Å². The van der Waals surface area contributed by atoms with Crippen LogP contribution in [-0.2, 0) is 12.0 Å². The highest BCUT2D eigenvalue weighted by Crippen LogP contribution is 2.60. The van der Waals surface area contributed by atoms with Crippen LogP contribution in [0, 0.1) is 17.8 Å². The Labute approximate surface area is 121 Å². The summed E-state index contributed by atoms with van der Waals surface area (Å²) in [5.41, 5.74) is 3.34. The quantitative estimate of drug-likeness (QED) is 0.883. The van der Waals surface area contributed by atoms with E-state index in [1.54, 1.807) is 0 Å². The maximum absolute atomic E-state index is 4.39. The zero-order valence-electron chi connectivity index (χ0n) is 12.8. The Morgan fingerprint density at radius 3 is 2.35 bits per heavy atom. The monoisotopic (exact) mass is 273 g/mol. The SMILES string of the molecule is CC(C)NCc1cn[nH]c1C12CC3CC(CC(C3)C1)C2. The summed E-state index contributed by atoms with van der Waals surface area (Å²) < 4.78 is 0. The molecule has 0 unspecified atom stereocenters. The molecular weight excluding hydrogens is 246 g/mol. The Morgan fingerprint density at radius 1 is 1.20 bits per heavy atom. The van der Waals surface area contributed by atoms with Gasteiger partial charge in [-0.3, -0.25) is 5.10 Å². The summed E-state index contributed by atoms with van der Waals surface area (Å²) >= 11 is 0. The van der Waals surface area contributed by atoms with Gasteiger partial charge in [0, 0.05) is 29.3 Å². The lowest BCUT2D eigenvalue weighted by atomic mass is 9.48. The average Bonchev–Trinajstić information content (AvgIpc) is 2.83. The van der Waals surface area contributed by atoms with E-state index in [0.717, 1.165) is 24.3 Å². The highest BCUT2D eigenvalue weighted by Gasteiger charge is 2.52. The Balaban J connectivity index is 1.62. The summed E-state index contributed by atoms with van der Waals surface area (Å²) in [6, 6.07) is 0.536. The van der Waals surface area contributed by atoms with Crippen molar-refractivity contribution in [2.75, 3.05) is 0 Å². The minimum Gasteiger partial charge on any atom is -0.310 e. The molecule has 4 fully saturated rings. The van der Waals surface area contributed by atoms with E-state index in [2.05, 4.69) is 35.6 Å². The number of H-pyrrole nitrogens is 1. The molecule has 2 N–H and O–H groups in total. The molecule has 0 aliphatic heterocycles. The van der Waals surface area contributed by atoms with Gasteiger partial charge in [0.05, 0.1) is 6.20 Å². The highest BCUT2D eigenvalue weighted by molar-refractivity contribution is 5.29. The van der Waals surface area contributed by atoms with Crippen molar-refractivity contribution in [2.45, 2.75) is 70.4 Å². The number of rotatable bonds is 4. The number of hydrogen-bond donors (Lipinski definition) is 2. The molecule has 20 heavy (non-hydrogen) atoms. The van der Waals surface area contributed by atoms with Crippen LogP contribution in [0.1, 0.15) is 63.6 Å². The molecule has 3 nitrogen and oxygen atoms in total. The van der Waals surface area contributed by atoms with Gasteiger partial charge in [-0.15, -0.1) is 0 Å². The lowest BCUT2D eigenvalue weighted by Crippen LogP contribution is -2.49. The molecule has 0 amide bonds. The topological polar surface area (TPSA) is 40.7 Å². The standard InChI is InChI=1S/C17H27N3/c1-11(2)18-9-15-10-19-20-16(15)17-6-12-3-13(7-17)5-14(4-12)8-17/h10-14,18H,3-9H2,1-2H3,(H,19,20). The van der Waals surface area contributed by atoms with Crippen molar-refractivity contribution in [2.24, 2.45) is 17.8 Å². The van der Waals surface area contributed by atoms with Gasteiger partial charge in [-0.1, -0.05) is 13.8 Å². The minimum absolute atomic E-state index is 0.444. The number of hydrogen-bond acceptors (Lipinski definition) is 2. The van der Waals surface area contributed by atoms with Gasteiger partial charge in [0.1, 0.15) is 0 Å². The van der Waals surface area contributed by atoms with Crippen LogP contribution >= 0.6 is 0 Å². The summed E-state index contributed by atoms with van der Waals surface area (Å²) in [7, 11) is 0. The molecule has 110 valence electrons. The Hall–Kier alpha value is -0.830. The number of nitrogens with zero attached hydrogens (tertiary/aromatic N) is 1. The van der Waals surface area contributed by atoms with Crippen molar-refractivity contribution in [3.8, 4) is 0 Å². The predicted molar refractivity (Wildman–Crippen MR) is 80.4 cm³/mol. The fourth-order valence-corrected chi connectivity index (χ4v) is 5.64. The first-order valence-electron chi connectivity index (χ1n) is 8.41. The van der Waals surface area contributed by atoms with Crippen LogP contribution < -0.4 is 5.32 Å². The predicted octanol–water partition coefficient (Wildman–Crippen LogP) is 3.38. The second-order valence-electron chi connectivity index (χ2n) is 8.00. The van der Waals surface area contributed by atoms with E-state index in [4.69, 9.17) is 0 Å². The molecule has 1 aromatic heterocycles. The van der Waals surface area contributed by atoms with Crippen molar-refractivity contribution in [3.05, 3.63) is 17.5 Å². The third kappa shape index (κ3) is 2.02. The Bertz CT molecular complexity index is 453. The fraction of sp³-hybridized carbons (Fsp3) is 0.824. The van der Waals surface area contributed by atoms with Gasteiger partial charge in [0.2, 0.25) is 0 Å². The van der Waals surface area contributed by atoms with Crippen molar-refractivity contribution in [1.29, 1.82) is 0 Å². The maximum Gasteiger partial charge on any atom is 0.0535 e. The van der Waals surface area contributed by atoms with E-state index >= 15 is 0 Å². The molecule has 0 saturated heterocycles. The van der Waals surface area contributed by atoms with Crippen LogP contribution in [-0.4, -0.2) is 16.2 Å². The summed E-state index contributed by atoms with van der Waals surface area (Å²) in [5, 5.41) is 11.3. The molecule has 5 rings (SSSR count). The Kier molecular flexibility index (Phi) is 2.95. The fourth-order valence-electron chi connectivity index (χ4n) is 5.64. The van der Waals surface area contributed by atoms with Crippen LogP contribution in [0.3, 0.4) is 0 Å². The van der Waals surface area contributed by atoms with E-state index < -0.39 is 0 Å². The largest absolute Gasteiger partial charge is 0.310 e. The van der Waals surface area contributed by atoms with Gasteiger partial charge in [-0.25, -0.2) is 0 Å². The average molecular weight is 273 g/mol. The molecule has 0 atom stereocenters. The van der Waals surface area contributed by atoms with Crippen LogP contribution in [0.25, 0.3) is 0 Å². The molecule has 1 aromatic rings. The van der Waals surface area contributed by atoms with E-state index in [-0.39, 0.29) is 0 Å². The van der Waals surface area contributed by atoms with Crippen LogP contribution in [0.5, 0.6) is 0 Å². The normalized spacial score (nSPS) is 38.9. The lowest BCUT2D eigenvalue weighted by Gasteiger charge is -2.56. The van der Waals surface area contributed by atoms with Crippen LogP contribution in [0.2, 0.25) is 0 Å². The number of nitrogens with one attached hydrogen (secondary N) is 2. The molecule has 4 aliphatic rings. The smallest absolute Gasteiger partial charge is 0.0535 e. The second kappa shape index (κ2) is 4.59. The second-order valence-corrected chi connectivity index (χ2v) is 8.00. The van der Waals surface area contributed by atoms with Gasteiger partial charge in [0.25, 0.3) is 0 Å². The summed E-state index contributed by atoms with van der Waals surface area (Å²) in [6.07, 6.45) is 10.8. The highest BCUT2D eigenvalue weighted by atomic mass is 15.1. The van der Waals surface area contributed by atoms with Gasteiger partial charge in [-0.2, -0.15) is 5.10 Å². The van der Waals surface area contributed by atoms with E-state index in [1.165, 1.54) is 49.8 Å². The first-order chi connectivity index (χ1) is 9.64. The number of aromatic nitrogens is 2. The van der Waals surface area contributed by atoms with Gasteiger partial charge < -0.3 is 5.32 Å². The van der Waals surface area contributed by atoms with Crippen LogP contribution in [0.15, 0.2) is 6.20 Å². The molecule has 4 aliphatic carbocycles.